The van der Waals surface area contributed by atoms with E-state index in [-0.39, 0.29) is 17.1 Å². The molecule has 0 saturated heterocycles. The van der Waals surface area contributed by atoms with Crippen LogP contribution in [0.15, 0.2) is 18.2 Å². The van der Waals surface area contributed by atoms with Crippen LogP contribution < -0.4 is 15.8 Å². The number of hydrogen-bond acceptors (Lipinski definition) is 3. The molecule has 1 aromatic carbocycles. The van der Waals surface area contributed by atoms with E-state index >= 15 is 0 Å². The molecular weight excluding hydrogens is 231 g/mol. The molecule has 18 heavy (non-hydrogen) atoms. The number of hydrogen-bond donors (Lipinski definition) is 2. The van der Waals surface area contributed by atoms with Crippen LogP contribution in [0.3, 0.4) is 0 Å². The van der Waals surface area contributed by atoms with E-state index < -0.39 is 0 Å². The van der Waals surface area contributed by atoms with Crippen molar-refractivity contribution in [1.82, 2.24) is 0 Å². The van der Waals surface area contributed by atoms with Gasteiger partial charge in [0.2, 0.25) is 0 Å². The molecule has 0 bridgehead atoms. The summed E-state index contributed by atoms with van der Waals surface area (Å²) in [6.07, 6.45) is 3.43. The van der Waals surface area contributed by atoms with Crippen molar-refractivity contribution < 1.29 is 9.13 Å². The molecule has 0 spiro atoms. The van der Waals surface area contributed by atoms with Crippen LogP contribution >= 0.6 is 0 Å². The lowest BCUT2D eigenvalue weighted by Gasteiger charge is -2.35. The summed E-state index contributed by atoms with van der Waals surface area (Å²) in [7, 11) is 1.47. The average Bonchev–Trinajstić information content (AvgIpc) is 2.74. The van der Waals surface area contributed by atoms with E-state index in [0.29, 0.717) is 12.5 Å². The topological polar surface area (TPSA) is 47.3 Å². The van der Waals surface area contributed by atoms with E-state index in [9.17, 15) is 4.39 Å². The Kier molecular flexibility index (Phi) is 3.76. The minimum Gasteiger partial charge on any atom is -0.494 e. The summed E-state index contributed by atoms with van der Waals surface area (Å²) in [6, 6.07) is 4.85. The van der Waals surface area contributed by atoms with Crippen LogP contribution in [-0.4, -0.2) is 19.2 Å². The van der Waals surface area contributed by atoms with Gasteiger partial charge in [-0.3, -0.25) is 0 Å². The Hall–Kier alpha value is -1.29. The van der Waals surface area contributed by atoms with E-state index in [1.54, 1.807) is 12.1 Å². The van der Waals surface area contributed by atoms with Gasteiger partial charge in [-0.05, 0) is 30.9 Å². The van der Waals surface area contributed by atoms with E-state index in [1.807, 2.05) is 0 Å². The standard InChI is InChI=1S/C14H21FN2O/c1-10-4-3-7-14(10,9-16)17-11-5-6-12(15)13(8-11)18-2/h5-6,8,10,17H,3-4,7,9,16H2,1-2H3. The minimum atomic E-state index is -0.343. The van der Waals surface area contributed by atoms with Crippen LogP contribution in [0.5, 0.6) is 5.75 Å². The molecule has 0 aliphatic heterocycles. The molecule has 1 aliphatic rings. The maximum Gasteiger partial charge on any atom is 0.165 e. The maximum absolute atomic E-state index is 13.4. The second-order valence-corrected chi connectivity index (χ2v) is 5.13. The van der Waals surface area contributed by atoms with Crippen LogP contribution in [0.25, 0.3) is 0 Å². The zero-order chi connectivity index (χ0) is 13.2. The smallest absolute Gasteiger partial charge is 0.165 e. The van der Waals surface area contributed by atoms with Gasteiger partial charge in [-0.1, -0.05) is 13.3 Å². The van der Waals surface area contributed by atoms with Crippen molar-refractivity contribution in [3.63, 3.8) is 0 Å². The Bertz CT molecular complexity index is 424. The number of rotatable bonds is 4. The third kappa shape index (κ3) is 2.29. The summed E-state index contributed by atoms with van der Waals surface area (Å²) in [6.45, 7) is 2.81. The molecule has 0 amide bonds. The second kappa shape index (κ2) is 5.14. The fourth-order valence-corrected chi connectivity index (χ4v) is 2.81. The van der Waals surface area contributed by atoms with Gasteiger partial charge in [-0.15, -0.1) is 0 Å². The van der Waals surface area contributed by atoms with Crippen molar-refractivity contribution in [2.24, 2.45) is 11.7 Å². The summed E-state index contributed by atoms with van der Waals surface area (Å²) in [4.78, 5) is 0. The Balaban J connectivity index is 2.22. The lowest BCUT2D eigenvalue weighted by atomic mass is 9.88. The van der Waals surface area contributed by atoms with Gasteiger partial charge in [0, 0.05) is 18.3 Å². The molecule has 3 nitrogen and oxygen atoms in total. The number of anilines is 1. The van der Waals surface area contributed by atoms with Gasteiger partial charge in [0.1, 0.15) is 0 Å². The van der Waals surface area contributed by atoms with Crippen LogP contribution in [0.2, 0.25) is 0 Å². The zero-order valence-corrected chi connectivity index (χ0v) is 11.0. The first-order valence-corrected chi connectivity index (χ1v) is 6.43. The first kappa shape index (κ1) is 13.1. The molecule has 1 aliphatic carbocycles. The van der Waals surface area contributed by atoms with Gasteiger partial charge >= 0.3 is 0 Å². The van der Waals surface area contributed by atoms with Gasteiger partial charge in [0.05, 0.1) is 12.6 Å². The summed E-state index contributed by atoms with van der Waals surface area (Å²) >= 11 is 0. The Labute approximate surface area is 108 Å². The highest BCUT2D eigenvalue weighted by atomic mass is 19.1. The normalized spacial score (nSPS) is 27.2. The molecule has 0 radical (unpaired) electrons. The average molecular weight is 252 g/mol. The number of methoxy groups -OCH3 is 1. The minimum absolute atomic E-state index is 0.0666. The summed E-state index contributed by atoms with van der Waals surface area (Å²) in [5.41, 5.74) is 6.74. The monoisotopic (exact) mass is 252 g/mol. The van der Waals surface area contributed by atoms with Gasteiger partial charge in [0.25, 0.3) is 0 Å². The molecule has 1 aromatic rings. The number of nitrogens with one attached hydrogen (secondary N) is 1. The van der Waals surface area contributed by atoms with Crippen molar-refractivity contribution >= 4 is 5.69 Å². The van der Waals surface area contributed by atoms with Crippen LogP contribution in [0, 0.1) is 11.7 Å². The number of ether oxygens (including phenoxy) is 1. The van der Waals surface area contributed by atoms with Crippen LogP contribution in [-0.2, 0) is 0 Å². The van der Waals surface area contributed by atoms with Crippen molar-refractivity contribution in [3.8, 4) is 5.75 Å². The first-order chi connectivity index (χ1) is 8.61. The molecule has 100 valence electrons. The number of nitrogens with two attached hydrogens (primary N) is 1. The van der Waals surface area contributed by atoms with Crippen LogP contribution in [0.4, 0.5) is 10.1 Å². The Morgan fingerprint density at radius 3 is 2.89 bits per heavy atom. The third-order valence-electron chi connectivity index (χ3n) is 4.11. The van der Waals surface area contributed by atoms with Gasteiger partial charge in [-0.2, -0.15) is 0 Å². The highest BCUT2D eigenvalue weighted by Gasteiger charge is 2.38. The largest absolute Gasteiger partial charge is 0.494 e. The quantitative estimate of drug-likeness (QED) is 0.866. The van der Waals surface area contributed by atoms with Crippen molar-refractivity contribution in [3.05, 3.63) is 24.0 Å². The lowest BCUT2D eigenvalue weighted by molar-refractivity contribution is 0.377. The third-order valence-corrected chi connectivity index (χ3v) is 4.11. The molecule has 2 rings (SSSR count). The van der Waals surface area contributed by atoms with Crippen molar-refractivity contribution in [2.75, 3.05) is 19.0 Å². The SMILES string of the molecule is COc1cc(NC2(CN)CCCC2C)ccc1F. The molecule has 4 heteroatoms. The fraction of sp³-hybridized carbons (Fsp3) is 0.571. The summed E-state index contributed by atoms with van der Waals surface area (Å²) in [5, 5.41) is 3.48. The van der Waals surface area contributed by atoms with Crippen molar-refractivity contribution in [1.29, 1.82) is 0 Å². The zero-order valence-electron chi connectivity index (χ0n) is 11.0. The highest BCUT2D eigenvalue weighted by Crippen LogP contribution is 2.38. The predicted octanol–water partition coefficient (Wildman–Crippen LogP) is 2.76. The molecule has 0 heterocycles. The molecule has 2 atom stereocenters. The molecule has 1 saturated carbocycles. The fourth-order valence-electron chi connectivity index (χ4n) is 2.81. The van der Waals surface area contributed by atoms with E-state index in [4.69, 9.17) is 10.5 Å². The van der Waals surface area contributed by atoms with Gasteiger partial charge in [-0.25, -0.2) is 4.39 Å². The van der Waals surface area contributed by atoms with E-state index in [1.165, 1.54) is 26.0 Å². The molecule has 1 fully saturated rings. The molecule has 2 unspecified atom stereocenters. The van der Waals surface area contributed by atoms with E-state index in [2.05, 4.69) is 12.2 Å². The molecule has 0 aromatic heterocycles. The predicted molar refractivity (Wildman–Crippen MR) is 71.4 cm³/mol. The lowest BCUT2D eigenvalue weighted by Crippen LogP contribution is -2.47. The van der Waals surface area contributed by atoms with Crippen molar-refractivity contribution in [2.45, 2.75) is 31.7 Å². The molecular formula is C14H21FN2O. The Morgan fingerprint density at radius 2 is 2.33 bits per heavy atom. The summed E-state index contributed by atoms with van der Waals surface area (Å²) < 4.78 is 18.4. The van der Waals surface area contributed by atoms with Crippen LogP contribution in [0.1, 0.15) is 26.2 Å². The maximum atomic E-state index is 13.4. The second-order valence-electron chi connectivity index (χ2n) is 5.13. The highest BCUT2D eigenvalue weighted by molar-refractivity contribution is 5.51. The summed E-state index contributed by atoms with van der Waals surface area (Å²) in [5.74, 6) is 0.445. The van der Waals surface area contributed by atoms with Gasteiger partial charge in [0.15, 0.2) is 11.6 Å². The molecule has 3 N–H and O–H groups in total. The number of benzene rings is 1. The number of halogens is 1. The first-order valence-electron chi connectivity index (χ1n) is 6.43. The van der Waals surface area contributed by atoms with E-state index in [0.717, 1.165) is 12.1 Å². The van der Waals surface area contributed by atoms with Gasteiger partial charge < -0.3 is 15.8 Å². The Morgan fingerprint density at radius 1 is 1.56 bits per heavy atom.